The third kappa shape index (κ3) is 3.23. The summed E-state index contributed by atoms with van der Waals surface area (Å²) in [5.74, 6) is 0.875. The first-order chi connectivity index (χ1) is 9.60. The fraction of sp³-hybridized carbons (Fsp3) is 0.214. The van der Waals surface area contributed by atoms with Gasteiger partial charge in [0.2, 0.25) is 0 Å². The van der Waals surface area contributed by atoms with Crippen molar-refractivity contribution in [2.45, 2.75) is 6.54 Å². The lowest BCUT2D eigenvalue weighted by molar-refractivity contribution is 0.0778. The third-order valence-electron chi connectivity index (χ3n) is 2.83. The van der Waals surface area contributed by atoms with Crippen molar-refractivity contribution in [2.75, 3.05) is 19.9 Å². The van der Waals surface area contributed by atoms with Crippen LogP contribution in [0.2, 0.25) is 0 Å². The number of carbonyl (C=O) groups excluding carboxylic acids is 1. The van der Waals surface area contributed by atoms with Gasteiger partial charge in [-0.2, -0.15) is 0 Å². The number of nitrogens with zero attached hydrogens (tertiary/aromatic N) is 3. The van der Waals surface area contributed by atoms with E-state index in [-0.39, 0.29) is 11.6 Å². The average Bonchev–Trinajstić information content (AvgIpc) is 2.48. The van der Waals surface area contributed by atoms with E-state index >= 15 is 0 Å². The van der Waals surface area contributed by atoms with Gasteiger partial charge in [0.15, 0.2) is 5.69 Å². The van der Waals surface area contributed by atoms with Crippen LogP contribution in [-0.2, 0) is 6.54 Å². The summed E-state index contributed by atoms with van der Waals surface area (Å²) >= 11 is 0. The van der Waals surface area contributed by atoms with Crippen molar-refractivity contribution < 1.29 is 9.53 Å². The number of nitrogen functional groups attached to an aromatic ring is 1. The molecule has 1 aromatic heterocycles. The normalized spacial score (nSPS) is 10.1. The number of anilines is 1. The number of hydrogen-bond donors (Lipinski definition) is 1. The van der Waals surface area contributed by atoms with Gasteiger partial charge in [0.05, 0.1) is 7.11 Å². The molecular formula is C14H16N4O2. The van der Waals surface area contributed by atoms with Crippen LogP contribution in [0, 0.1) is 0 Å². The second-order valence-corrected chi connectivity index (χ2v) is 4.35. The monoisotopic (exact) mass is 272 g/mol. The Bertz CT molecular complexity index is 581. The van der Waals surface area contributed by atoms with Gasteiger partial charge in [0, 0.05) is 13.6 Å². The summed E-state index contributed by atoms with van der Waals surface area (Å²) in [6, 6.07) is 10.7. The quantitative estimate of drug-likeness (QED) is 0.908. The highest BCUT2D eigenvalue weighted by atomic mass is 16.5. The average molecular weight is 272 g/mol. The summed E-state index contributed by atoms with van der Waals surface area (Å²) in [6.07, 6.45) is 0. The Labute approximate surface area is 117 Å². The third-order valence-corrected chi connectivity index (χ3v) is 2.83. The first-order valence-corrected chi connectivity index (χ1v) is 6.08. The van der Waals surface area contributed by atoms with Crippen LogP contribution in [0.15, 0.2) is 36.4 Å². The van der Waals surface area contributed by atoms with Crippen molar-refractivity contribution in [3.05, 3.63) is 47.7 Å². The lowest BCUT2D eigenvalue weighted by atomic mass is 10.2. The largest absolute Gasteiger partial charge is 0.497 e. The maximum Gasteiger partial charge on any atom is 0.274 e. The minimum absolute atomic E-state index is 0.201. The highest BCUT2D eigenvalue weighted by molar-refractivity contribution is 5.92. The van der Waals surface area contributed by atoms with Crippen LogP contribution in [0.5, 0.6) is 5.75 Å². The molecule has 1 aromatic carbocycles. The molecule has 1 amide bonds. The number of aromatic nitrogens is 2. The topological polar surface area (TPSA) is 81.3 Å². The zero-order chi connectivity index (χ0) is 14.5. The molecule has 20 heavy (non-hydrogen) atoms. The van der Waals surface area contributed by atoms with E-state index < -0.39 is 0 Å². The van der Waals surface area contributed by atoms with Gasteiger partial charge in [-0.15, -0.1) is 10.2 Å². The smallest absolute Gasteiger partial charge is 0.274 e. The van der Waals surface area contributed by atoms with Crippen molar-refractivity contribution in [1.29, 1.82) is 0 Å². The Morgan fingerprint density at radius 3 is 2.45 bits per heavy atom. The van der Waals surface area contributed by atoms with Gasteiger partial charge in [-0.1, -0.05) is 12.1 Å². The molecule has 6 heteroatoms. The molecule has 0 unspecified atom stereocenters. The van der Waals surface area contributed by atoms with E-state index in [1.807, 2.05) is 24.3 Å². The number of amides is 1. The highest BCUT2D eigenvalue weighted by Gasteiger charge is 2.13. The van der Waals surface area contributed by atoms with Crippen molar-refractivity contribution in [3.8, 4) is 5.75 Å². The molecule has 0 saturated heterocycles. The summed E-state index contributed by atoms with van der Waals surface area (Å²) in [4.78, 5) is 13.7. The summed E-state index contributed by atoms with van der Waals surface area (Å²) in [5.41, 5.74) is 6.72. The van der Waals surface area contributed by atoms with Crippen LogP contribution in [0.3, 0.4) is 0 Å². The molecule has 2 rings (SSSR count). The maximum absolute atomic E-state index is 12.1. The maximum atomic E-state index is 12.1. The predicted octanol–water partition coefficient (Wildman–Crippen LogP) is 1.34. The zero-order valence-corrected chi connectivity index (χ0v) is 11.4. The molecule has 104 valence electrons. The number of hydrogen-bond acceptors (Lipinski definition) is 5. The van der Waals surface area contributed by atoms with Crippen LogP contribution in [0.25, 0.3) is 0 Å². The molecule has 2 aromatic rings. The first-order valence-electron chi connectivity index (χ1n) is 6.08. The van der Waals surface area contributed by atoms with E-state index in [2.05, 4.69) is 10.2 Å². The SMILES string of the molecule is COc1ccc(CN(C)C(=O)c2ccc(N)nn2)cc1. The van der Waals surface area contributed by atoms with Gasteiger partial charge in [-0.25, -0.2) is 0 Å². The molecule has 1 heterocycles. The number of methoxy groups -OCH3 is 1. The summed E-state index contributed by atoms with van der Waals surface area (Å²) in [7, 11) is 3.33. The fourth-order valence-corrected chi connectivity index (χ4v) is 1.73. The number of nitrogens with two attached hydrogens (primary N) is 1. The number of carbonyl (C=O) groups is 1. The molecule has 0 saturated carbocycles. The Hall–Kier alpha value is -2.63. The minimum atomic E-state index is -0.201. The summed E-state index contributed by atoms with van der Waals surface area (Å²) in [5, 5.41) is 7.46. The standard InChI is InChI=1S/C14H16N4O2/c1-18(9-10-3-5-11(20-2)6-4-10)14(19)12-7-8-13(15)17-16-12/h3-8H,9H2,1-2H3,(H2,15,17). The zero-order valence-electron chi connectivity index (χ0n) is 11.4. The second kappa shape index (κ2) is 6.01. The van der Waals surface area contributed by atoms with Crippen molar-refractivity contribution in [1.82, 2.24) is 15.1 Å². The molecule has 0 aliphatic heterocycles. The van der Waals surface area contributed by atoms with Gasteiger partial charge in [0.1, 0.15) is 11.6 Å². The van der Waals surface area contributed by atoms with E-state index in [9.17, 15) is 4.79 Å². The summed E-state index contributed by atoms with van der Waals surface area (Å²) in [6.45, 7) is 0.481. The van der Waals surface area contributed by atoms with Crippen LogP contribution in [0.4, 0.5) is 5.82 Å². The molecule has 0 aliphatic carbocycles. The fourth-order valence-electron chi connectivity index (χ4n) is 1.73. The van der Waals surface area contributed by atoms with Gasteiger partial charge in [0.25, 0.3) is 5.91 Å². The Balaban J connectivity index is 2.04. The minimum Gasteiger partial charge on any atom is -0.497 e. The molecule has 0 atom stereocenters. The van der Waals surface area contributed by atoms with Crippen LogP contribution in [-0.4, -0.2) is 35.2 Å². The Kier molecular flexibility index (Phi) is 4.14. The van der Waals surface area contributed by atoms with E-state index in [0.717, 1.165) is 11.3 Å². The molecule has 0 spiro atoms. The van der Waals surface area contributed by atoms with Crippen molar-refractivity contribution in [2.24, 2.45) is 0 Å². The van der Waals surface area contributed by atoms with Gasteiger partial charge < -0.3 is 15.4 Å². The van der Waals surface area contributed by atoms with Crippen LogP contribution < -0.4 is 10.5 Å². The molecule has 6 nitrogen and oxygen atoms in total. The van der Waals surface area contributed by atoms with E-state index in [1.165, 1.54) is 0 Å². The highest BCUT2D eigenvalue weighted by Crippen LogP contribution is 2.13. The molecule has 0 fully saturated rings. The molecular weight excluding hydrogens is 256 g/mol. The van der Waals surface area contributed by atoms with Gasteiger partial charge >= 0.3 is 0 Å². The number of ether oxygens (including phenoxy) is 1. The Morgan fingerprint density at radius 2 is 1.90 bits per heavy atom. The van der Waals surface area contributed by atoms with Crippen LogP contribution >= 0.6 is 0 Å². The van der Waals surface area contributed by atoms with Gasteiger partial charge in [-0.3, -0.25) is 4.79 Å². The van der Waals surface area contributed by atoms with E-state index in [1.54, 1.807) is 31.2 Å². The lowest BCUT2D eigenvalue weighted by Crippen LogP contribution is -2.27. The molecule has 2 N–H and O–H groups in total. The molecule has 0 aliphatic rings. The first kappa shape index (κ1) is 13.8. The van der Waals surface area contributed by atoms with Crippen molar-refractivity contribution in [3.63, 3.8) is 0 Å². The number of rotatable bonds is 4. The van der Waals surface area contributed by atoms with Gasteiger partial charge in [-0.05, 0) is 29.8 Å². The number of benzene rings is 1. The van der Waals surface area contributed by atoms with E-state index in [4.69, 9.17) is 10.5 Å². The molecule has 0 radical (unpaired) electrons. The predicted molar refractivity (Wildman–Crippen MR) is 75.2 cm³/mol. The van der Waals surface area contributed by atoms with Crippen LogP contribution in [0.1, 0.15) is 16.1 Å². The second-order valence-electron chi connectivity index (χ2n) is 4.35. The Morgan fingerprint density at radius 1 is 1.20 bits per heavy atom. The van der Waals surface area contributed by atoms with E-state index in [0.29, 0.717) is 12.4 Å². The summed E-state index contributed by atoms with van der Waals surface area (Å²) < 4.78 is 5.09. The van der Waals surface area contributed by atoms with Crippen molar-refractivity contribution >= 4 is 11.7 Å². The lowest BCUT2D eigenvalue weighted by Gasteiger charge is -2.16. The molecule has 0 bridgehead atoms.